The van der Waals surface area contributed by atoms with Crippen LogP contribution in [0.2, 0.25) is 0 Å². The number of carbonyl (C=O) groups is 1. The Morgan fingerprint density at radius 1 is 1.17 bits per heavy atom. The number of aliphatic imine (C=N–C) groups is 1. The van der Waals surface area contributed by atoms with Crippen molar-refractivity contribution in [2.24, 2.45) is 16.5 Å². The summed E-state index contributed by atoms with van der Waals surface area (Å²) in [7, 11) is 0. The van der Waals surface area contributed by atoms with E-state index in [0.29, 0.717) is 11.9 Å². The minimum Gasteiger partial charge on any atom is -0.394 e. The third kappa shape index (κ3) is 3.62. The Morgan fingerprint density at radius 3 is 2.17 bits per heavy atom. The summed E-state index contributed by atoms with van der Waals surface area (Å²) in [4.78, 5) is 14.6. The number of nitrogens with two attached hydrogens (primary N) is 2. The van der Waals surface area contributed by atoms with Gasteiger partial charge in [-0.2, -0.15) is 13.2 Å². The Bertz CT molecular complexity index is 492. The fraction of sp³-hybridized carbons (Fsp3) is 0.0909. The number of para-hydroxylation sites is 1. The molecule has 96 valence electrons. The molecule has 0 aliphatic carbocycles. The van der Waals surface area contributed by atoms with E-state index in [9.17, 15) is 18.0 Å². The number of primary amides is 1. The topological polar surface area (TPSA) is 81.5 Å². The number of hydrogen-bond acceptors (Lipinski definition) is 3. The van der Waals surface area contributed by atoms with Crippen molar-refractivity contribution in [3.05, 3.63) is 41.6 Å². The summed E-state index contributed by atoms with van der Waals surface area (Å²) in [5.41, 5.74) is 7.60. The standard InChI is InChI=1S/C11H10F3N3O/c12-11(13,14)9(15)8(10(16)18)6-17-7-4-2-1-3-5-7/h1-6H,15H2,(H2,16,18). The maximum atomic E-state index is 12.3. The number of alkyl halides is 3. The van der Waals surface area contributed by atoms with Crippen molar-refractivity contribution in [2.45, 2.75) is 6.18 Å². The molecule has 0 aliphatic rings. The van der Waals surface area contributed by atoms with Gasteiger partial charge in [0.15, 0.2) is 0 Å². The van der Waals surface area contributed by atoms with Crippen LogP contribution >= 0.6 is 0 Å². The normalized spacial score (nSPS) is 13.5. The molecule has 0 atom stereocenters. The van der Waals surface area contributed by atoms with Crippen LogP contribution < -0.4 is 11.5 Å². The first-order valence-corrected chi connectivity index (χ1v) is 4.78. The molecule has 0 radical (unpaired) electrons. The van der Waals surface area contributed by atoms with Gasteiger partial charge in [0.25, 0.3) is 5.91 Å². The van der Waals surface area contributed by atoms with Gasteiger partial charge in [-0.25, -0.2) is 0 Å². The van der Waals surface area contributed by atoms with Gasteiger partial charge in [-0.1, -0.05) is 18.2 Å². The second kappa shape index (κ2) is 5.35. The fourth-order valence-electron chi connectivity index (χ4n) is 1.07. The summed E-state index contributed by atoms with van der Waals surface area (Å²) in [6.07, 6.45) is -4.12. The predicted molar refractivity (Wildman–Crippen MR) is 61.1 cm³/mol. The van der Waals surface area contributed by atoms with Crippen molar-refractivity contribution < 1.29 is 18.0 Å². The molecule has 1 aromatic carbocycles. The molecular weight excluding hydrogens is 247 g/mol. The molecule has 0 aliphatic heterocycles. The third-order valence-corrected chi connectivity index (χ3v) is 1.96. The van der Waals surface area contributed by atoms with E-state index in [0.717, 1.165) is 0 Å². The van der Waals surface area contributed by atoms with Gasteiger partial charge in [0, 0.05) is 6.21 Å². The minimum absolute atomic E-state index is 0.381. The Kier molecular flexibility index (Phi) is 4.09. The van der Waals surface area contributed by atoms with Crippen molar-refractivity contribution in [3.8, 4) is 0 Å². The van der Waals surface area contributed by atoms with E-state index in [-0.39, 0.29) is 0 Å². The molecule has 4 nitrogen and oxygen atoms in total. The summed E-state index contributed by atoms with van der Waals surface area (Å²) < 4.78 is 37.0. The fourth-order valence-corrected chi connectivity index (χ4v) is 1.07. The number of benzene rings is 1. The molecule has 0 spiro atoms. The van der Waals surface area contributed by atoms with Crippen LogP contribution in [0.1, 0.15) is 0 Å². The molecule has 0 fully saturated rings. The Labute approximate surface area is 101 Å². The number of rotatable bonds is 3. The summed E-state index contributed by atoms with van der Waals surface area (Å²) in [5.74, 6) is -1.29. The van der Waals surface area contributed by atoms with Gasteiger partial charge in [-0.05, 0) is 12.1 Å². The van der Waals surface area contributed by atoms with Crippen LogP contribution in [0.5, 0.6) is 0 Å². The van der Waals surface area contributed by atoms with Crippen molar-refractivity contribution in [3.63, 3.8) is 0 Å². The smallest absolute Gasteiger partial charge is 0.394 e. The van der Waals surface area contributed by atoms with Crippen LogP contribution in [0.25, 0.3) is 0 Å². The first-order valence-electron chi connectivity index (χ1n) is 4.78. The molecule has 4 N–H and O–H groups in total. The summed E-state index contributed by atoms with van der Waals surface area (Å²) in [6.45, 7) is 0. The molecule has 0 heterocycles. The summed E-state index contributed by atoms with van der Waals surface area (Å²) >= 11 is 0. The van der Waals surface area contributed by atoms with Gasteiger partial charge >= 0.3 is 6.18 Å². The highest BCUT2D eigenvalue weighted by Crippen LogP contribution is 2.23. The van der Waals surface area contributed by atoms with Crippen LogP contribution in [0.15, 0.2) is 46.6 Å². The van der Waals surface area contributed by atoms with Crippen molar-refractivity contribution >= 4 is 17.8 Å². The van der Waals surface area contributed by atoms with Gasteiger partial charge < -0.3 is 11.5 Å². The lowest BCUT2D eigenvalue weighted by Gasteiger charge is -2.08. The van der Waals surface area contributed by atoms with E-state index in [2.05, 4.69) is 4.99 Å². The minimum atomic E-state index is -4.83. The lowest BCUT2D eigenvalue weighted by Crippen LogP contribution is -2.28. The number of halogens is 3. The Hall–Kier alpha value is -2.31. The SMILES string of the molecule is NC(=O)C(C=Nc1ccccc1)=C(N)C(F)(F)F. The van der Waals surface area contributed by atoms with Crippen molar-refractivity contribution in [1.82, 2.24) is 0 Å². The zero-order valence-electron chi connectivity index (χ0n) is 9.11. The third-order valence-electron chi connectivity index (χ3n) is 1.96. The maximum absolute atomic E-state index is 12.3. The number of hydrogen-bond donors (Lipinski definition) is 2. The molecule has 0 aromatic heterocycles. The monoisotopic (exact) mass is 257 g/mol. The van der Waals surface area contributed by atoms with Crippen LogP contribution in [0, 0.1) is 0 Å². The van der Waals surface area contributed by atoms with Gasteiger partial charge in [0.2, 0.25) is 0 Å². The van der Waals surface area contributed by atoms with Crippen LogP contribution in [-0.4, -0.2) is 18.3 Å². The zero-order chi connectivity index (χ0) is 13.8. The molecule has 18 heavy (non-hydrogen) atoms. The van der Waals surface area contributed by atoms with E-state index < -0.39 is 23.4 Å². The molecule has 1 amide bonds. The average Bonchev–Trinajstić information content (AvgIpc) is 2.28. The highest BCUT2D eigenvalue weighted by Gasteiger charge is 2.35. The molecule has 0 bridgehead atoms. The van der Waals surface area contributed by atoms with E-state index >= 15 is 0 Å². The molecule has 0 unspecified atom stereocenters. The summed E-state index contributed by atoms with van der Waals surface area (Å²) in [6, 6.07) is 8.12. The second-order valence-corrected chi connectivity index (χ2v) is 3.28. The number of carbonyl (C=O) groups excluding carboxylic acids is 1. The van der Waals surface area contributed by atoms with E-state index in [1.54, 1.807) is 30.3 Å². The van der Waals surface area contributed by atoms with Gasteiger partial charge in [-0.3, -0.25) is 9.79 Å². The van der Waals surface area contributed by atoms with Gasteiger partial charge in [-0.15, -0.1) is 0 Å². The lowest BCUT2D eigenvalue weighted by atomic mass is 10.2. The Balaban J connectivity index is 3.10. The molecule has 1 aromatic rings. The predicted octanol–water partition coefficient (Wildman–Crippen LogP) is 1.65. The van der Waals surface area contributed by atoms with Crippen molar-refractivity contribution in [1.29, 1.82) is 0 Å². The largest absolute Gasteiger partial charge is 0.431 e. The first-order chi connectivity index (χ1) is 8.32. The Morgan fingerprint density at radius 2 is 1.72 bits per heavy atom. The van der Waals surface area contributed by atoms with Crippen molar-refractivity contribution in [2.75, 3.05) is 0 Å². The zero-order valence-corrected chi connectivity index (χ0v) is 9.11. The number of allylic oxidation sites excluding steroid dienone is 1. The summed E-state index contributed by atoms with van der Waals surface area (Å²) in [5, 5.41) is 0. The molecule has 1 rings (SSSR count). The molecular formula is C11H10F3N3O. The molecule has 7 heteroatoms. The first kappa shape index (κ1) is 13.8. The van der Waals surface area contributed by atoms with Gasteiger partial charge in [0.05, 0.1) is 11.3 Å². The number of nitrogens with zero attached hydrogens (tertiary/aromatic N) is 1. The quantitative estimate of drug-likeness (QED) is 0.637. The lowest BCUT2D eigenvalue weighted by molar-refractivity contribution is -0.116. The van der Waals surface area contributed by atoms with E-state index in [1.807, 2.05) is 0 Å². The highest BCUT2D eigenvalue weighted by atomic mass is 19.4. The van der Waals surface area contributed by atoms with Gasteiger partial charge in [0.1, 0.15) is 5.70 Å². The van der Waals surface area contributed by atoms with Crippen LogP contribution in [0.4, 0.5) is 18.9 Å². The second-order valence-electron chi connectivity index (χ2n) is 3.28. The average molecular weight is 257 g/mol. The highest BCUT2D eigenvalue weighted by molar-refractivity contribution is 6.12. The van der Waals surface area contributed by atoms with Crippen LogP contribution in [0.3, 0.4) is 0 Å². The molecule has 0 saturated heterocycles. The maximum Gasteiger partial charge on any atom is 0.431 e. The van der Waals surface area contributed by atoms with E-state index in [1.165, 1.54) is 0 Å². The van der Waals surface area contributed by atoms with Crippen LogP contribution in [-0.2, 0) is 4.79 Å². The van der Waals surface area contributed by atoms with E-state index in [4.69, 9.17) is 11.5 Å². The number of amides is 1. The molecule has 0 saturated carbocycles.